The average molecular weight is 274 g/mol. The van der Waals surface area contributed by atoms with E-state index in [0.717, 1.165) is 5.56 Å². The maximum Gasteiger partial charge on any atom is 0.277 e. The molecule has 5 heteroatoms. The molecule has 0 spiro atoms. The first kappa shape index (κ1) is 13.3. The summed E-state index contributed by atoms with van der Waals surface area (Å²) in [5.41, 5.74) is 1.76. The Labute approximate surface area is 115 Å². The summed E-state index contributed by atoms with van der Waals surface area (Å²) in [7, 11) is 0. The molecule has 1 aromatic carbocycles. The van der Waals surface area contributed by atoms with Crippen molar-refractivity contribution in [2.45, 2.75) is 19.9 Å². The molecule has 0 radical (unpaired) electrons. The maximum atomic E-state index is 11.5. The van der Waals surface area contributed by atoms with Crippen LogP contribution in [-0.2, 0) is 13.0 Å². The molecule has 0 aliphatic heterocycles. The minimum atomic E-state index is -0.294. The Balaban J connectivity index is 2.44. The van der Waals surface area contributed by atoms with Crippen molar-refractivity contribution in [1.82, 2.24) is 9.55 Å². The largest absolute Gasteiger partial charge is 0.318 e. The van der Waals surface area contributed by atoms with Crippen LogP contribution in [0.4, 0.5) is 0 Å². The van der Waals surface area contributed by atoms with Crippen LogP contribution in [0.25, 0.3) is 0 Å². The van der Waals surface area contributed by atoms with Crippen LogP contribution < -0.4 is 5.56 Å². The van der Waals surface area contributed by atoms with Crippen LogP contribution in [0.15, 0.2) is 35.3 Å². The van der Waals surface area contributed by atoms with E-state index in [0.29, 0.717) is 24.1 Å². The first-order chi connectivity index (χ1) is 9.15. The quantitative estimate of drug-likeness (QED) is 0.807. The van der Waals surface area contributed by atoms with Crippen molar-refractivity contribution in [2.75, 3.05) is 0 Å². The lowest BCUT2D eigenvalue weighted by Crippen LogP contribution is -2.18. The molecule has 1 aromatic heterocycles. The van der Waals surface area contributed by atoms with Gasteiger partial charge in [-0.15, -0.1) is 0 Å². The lowest BCUT2D eigenvalue weighted by Gasteiger charge is -2.10. The molecular formula is C14H12ClN3O. The van der Waals surface area contributed by atoms with Gasteiger partial charge in [0.15, 0.2) is 0 Å². The molecular weight excluding hydrogens is 262 g/mol. The third kappa shape index (κ3) is 2.83. The fourth-order valence-corrected chi connectivity index (χ4v) is 2.01. The summed E-state index contributed by atoms with van der Waals surface area (Å²) >= 11 is 5.97. The molecule has 96 valence electrons. The summed E-state index contributed by atoms with van der Waals surface area (Å²) in [5, 5.41) is 9.19. The highest BCUT2D eigenvalue weighted by Gasteiger charge is 2.08. The molecule has 0 N–H and O–H groups in total. The van der Waals surface area contributed by atoms with Gasteiger partial charge in [-0.2, -0.15) is 10.2 Å². The van der Waals surface area contributed by atoms with E-state index in [-0.39, 0.29) is 10.8 Å². The maximum absolute atomic E-state index is 11.5. The summed E-state index contributed by atoms with van der Waals surface area (Å²) in [6, 6.07) is 9.42. The zero-order chi connectivity index (χ0) is 13.8. The van der Waals surface area contributed by atoms with E-state index >= 15 is 0 Å². The molecule has 0 saturated heterocycles. The van der Waals surface area contributed by atoms with Crippen molar-refractivity contribution in [3.63, 3.8) is 0 Å². The Bertz CT molecular complexity index is 701. The van der Waals surface area contributed by atoms with Crippen LogP contribution in [0.2, 0.25) is 5.28 Å². The van der Waals surface area contributed by atoms with Gasteiger partial charge in [-0.1, -0.05) is 25.1 Å². The normalized spacial score (nSPS) is 10.2. The van der Waals surface area contributed by atoms with Crippen molar-refractivity contribution in [3.8, 4) is 6.07 Å². The highest BCUT2D eigenvalue weighted by atomic mass is 35.5. The lowest BCUT2D eigenvalue weighted by atomic mass is 10.1. The second-order valence-electron chi connectivity index (χ2n) is 4.09. The van der Waals surface area contributed by atoms with Gasteiger partial charge in [-0.3, -0.25) is 4.79 Å². The van der Waals surface area contributed by atoms with Gasteiger partial charge in [0.2, 0.25) is 5.28 Å². The van der Waals surface area contributed by atoms with E-state index in [1.54, 1.807) is 16.8 Å². The number of nitrogens with zero attached hydrogens (tertiary/aromatic N) is 3. The summed E-state index contributed by atoms with van der Waals surface area (Å²) < 4.78 is 1.68. The monoisotopic (exact) mass is 273 g/mol. The number of aromatic nitrogens is 2. The Morgan fingerprint density at radius 2 is 2.11 bits per heavy atom. The van der Waals surface area contributed by atoms with Crippen molar-refractivity contribution < 1.29 is 0 Å². The molecule has 19 heavy (non-hydrogen) atoms. The highest BCUT2D eigenvalue weighted by molar-refractivity contribution is 6.28. The van der Waals surface area contributed by atoms with E-state index in [1.165, 1.54) is 0 Å². The van der Waals surface area contributed by atoms with Crippen LogP contribution >= 0.6 is 11.6 Å². The number of benzene rings is 1. The van der Waals surface area contributed by atoms with Crippen LogP contribution in [0, 0.1) is 11.3 Å². The molecule has 0 aliphatic rings. The molecule has 0 fully saturated rings. The third-order valence-corrected chi connectivity index (χ3v) is 3.18. The second kappa shape index (κ2) is 5.68. The summed E-state index contributed by atoms with van der Waals surface area (Å²) in [5.74, 6) is 0. The van der Waals surface area contributed by atoms with Crippen molar-refractivity contribution in [2.24, 2.45) is 0 Å². The predicted molar refractivity (Wildman–Crippen MR) is 73.1 cm³/mol. The summed E-state index contributed by atoms with van der Waals surface area (Å²) in [6.07, 6.45) is 2.30. The van der Waals surface area contributed by atoms with Crippen molar-refractivity contribution in [3.05, 3.63) is 62.8 Å². The Morgan fingerprint density at radius 1 is 1.37 bits per heavy atom. The Hall–Kier alpha value is -2.12. The molecule has 0 saturated carbocycles. The van der Waals surface area contributed by atoms with Gasteiger partial charge in [0.25, 0.3) is 5.56 Å². The van der Waals surface area contributed by atoms with E-state index < -0.39 is 0 Å². The molecule has 2 rings (SSSR count). The van der Waals surface area contributed by atoms with Gasteiger partial charge in [-0.05, 0) is 29.7 Å². The smallest absolute Gasteiger partial charge is 0.277 e. The molecule has 0 bridgehead atoms. The standard InChI is InChI=1S/C14H12ClN3O/c1-2-10-8-18(14(15)17-13(10)19)9-12-6-4-3-5-11(12)7-16/h3-6,8H,2,9H2,1H3. The van der Waals surface area contributed by atoms with Crippen LogP contribution in [0.1, 0.15) is 23.6 Å². The number of halogens is 1. The van der Waals surface area contributed by atoms with Crippen LogP contribution in [0.5, 0.6) is 0 Å². The predicted octanol–water partition coefficient (Wildman–Crippen LogP) is 2.38. The van der Waals surface area contributed by atoms with Gasteiger partial charge in [0.05, 0.1) is 18.2 Å². The number of nitriles is 1. The topological polar surface area (TPSA) is 58.7 Å². The van der Waals surface area contributed by atoms with Gasteiger partial charge in [0.1, 0.15) is 0 Å². The molecule has 0 atom stereocenters. The Kier molecular flexibility index (Phi) is 3.98. The van der Waals surface area contributed by atoms with Gasteiger partial charge >= 0.3 is 0 Å². The minimum absolute atomic E-state index is 0.134. The van der Waals surface area contributed by atoms with Crippen LogP contribution in [-0.4, -0.2) is 9.55 Å². The SMILES string of the molecule is CCc1cn(Cc2ccccc2C#N)c(Cl)nc1=O. The summed E-state index contributed by atoms with van der Waals surface area (Å²) in [6.45, 7) is 2.31. The van der Waals surface area contributed by atoms with Gasteiger partial charge in [0, 0.05) is 11.8 Å². The number of hydrogen-bond donors (Lipinski definition) is 0. The highest BCUT2D eigenvalue weighted by Crippen LogP contribution is 2.12. The fraction of sp³-hybridized carbons (Fsp3) is 0.214. The van der Waals surface area contributed by atoms with E-state index in [4.69, 9.17) is 16.9 Å². The minimum Gasteiger partial charge on any atom is -0.318 e. The number of hydrogen-bond acceptors (Lipinski definition) is 3. The lowest BCUT2D eigenvalue weighted by molar-refractivity contribution is 0.746. The zero-order valence-corrected chi connectivity index (χ0v) is 11.2. The zero-order valence-electron chi connectivity index (χ0n) is 10.4. The first-order valence-corrected chi connectivity index (χ1v) is 6.27. The molecule has 2 aromatic rings. The molecule has 4 nitrogen and oxygen atoms in total. The summed E-state index contributed by atoms with van der Waals surface area (Å²) in [4.78, 5) is 15.3. The van der Waals surface area contributed by atoms with Crippen LogP contribution in [0.3, 0.4) is 0 Å². The Morgan fingerprint density at radius 3 is 2.79 bits per heavy atom. The van der Waals surface area contributed by atoms with Crippen molar-refractivity contribution >= 4 is 11.6 Å². The van der Waals surface area contributed by atoms with Gasteiger partial charge < -0.3 is 4.57 Å². The third-order valence-electron chi connectivity index (χ3n) is 2.88. The fourth-order valence-electron chi connectivity index (χ4n) is 1.82. The molecule has 0 aliphatic carbocycles. The van der Waals surface area contributed by atoms with Gasteiger partial charge in [-0.25, -0.2) is 0 Å². The molecule has 0 unspecified atom stereocenters. The number of rotatable bonds is 3. The van der Waals surface area contributed by atoms with E-state index in [1.807, 2.05) is 25.1 Å². The van der Waals surface area contributed by atoms with E-state index in [2.05, 4.69) is 11.1 Å². The van der Waals surface area contributed by atoms with E-state index in [9.17, 15) is 4.79 Å². The molecule has 1 heterocycles. The first-order valence-electron chi connectivity index (χ1n) is 5.89. The molecule has 0 amide bonds. The number of aryl methyl sites for hydroxylation is 1. The second-order valence-corrected chi connectivity index (χ2v) is 4.43. The van der Waals surface area contributed by atoms with Crippen molar-refractivity contribution in [1.29, 1.82) is 5.26 Å². The average Bonchev–Trinajstić information content (AvgIpc) is 2.42.